The van der Waals surface area contributed by atoms with Crippen molar-refractivity contribution in [2.24, 2.45) is 0 Å². The monoisotopic (exact) mass is 429 g/mol. The third-order valence-corrected chi connectivity index (χ3v) is 5.61. The summed E-state index contributed by atoms with van der Waals surface area (Å²) in [5, 5.41) is 0. The van der Waals surface area contributed by atoms with Gasteiger partial charge in [0.1, 0.15) is 0 Å². The highest BCUT2D eigenvalue weighted by atomic mass is 16.5. The Kier molecular flexibility index (Phi) is 7.59. The molecule has 0 amide bonds. The maximum Gasteiger partial charge on any atom is 0.337 e. The highest BCUT2D eigenvalue weighted by molar-refractivity contribution is 5.90. The van der Waals surface area contributed by atoms with Gasteiger partial charge in [0.05, 0.1) is 34.0 Å². The largest absolute Gasteiger partial charge is 0.493 e. The number of nitrogen functional groups attached to an aromatic ring is 1. The van der Waals surface area contributed by atoms with Crippen LogP contribution in [0.4, 0.5) is 5.69 Å². The van der Waals surface area contributed by atoms with Crippen LogP contribution in [0.1, 0.15) is 21.5 Å². The number of ether oxygens (including phenoxy) is 4. The molecule has 0 radical (unpaired) electrons. The van der Waals surface area contributed by atoms with E-state index >= 15 is 0 Å². The first-order valence-electron chi connectivity index (χ1n) is 10.2. The average Bonchev–Trinajstić information content (AvgIpc) is 2.80. The van der Waals surface area contributed by atoms with E-state index in [1.54, 1.807) is 33.5 Å². The Hall–Kier alpha value is -2.97. The molecule has 168 valence electrons. The second-order valence-corrected chi connectivity index (χ2v) is 7.45. The minimum absolute atomic E-state index is 0.377. The van der Waals surface area contributed by atoms with E-state index in [1.165, 1.54) is 7.11 Å². The molecule has 1 fully saturated rings. The molecule has 8 heteroatoms. The normalized spacial score (nSPS) is 14.8. The Labute approximate surface area is 183 Å². The van der Waals surface area contributed by atoms with Crippen molar-refractivity contribution in [2.75, 3.05) is 60.4 Å². The van der Waals surface area contributed by atoms with Crippen molar-refractivity contribution >= 4 is 11.7 Å². The SMILES string of the molecule is COC(=O)c1ccc(CN2CCN(Cc3ccc(OC)c(OC)c3OC)CC2)c(N)c1. The molecule has 2 N–H and O–H groups in total. The van der Waals surface area contributed by atoms with E-state index in [9.17, 15) is 4.79 Å². The van der Waals surface area contributed by atoms with Crippen molar-refractivity contribution < 1.29 is 23.7 Å². The topological polar surface area (TPSA) is 86.5 Å². The lowest BCUT2D eigenvalue weighted by molar-refractivity contribution is 0.0600. The maximum absolute atomic E-state index is 11.7. The number of esters is 1. The van der Waals surface area contributed by atoms with Crippen LogP contribution < -0.4 is 19.9 Å². The summed E-state index contributed by atoms with van der Waals surface area (Å²) in [5.74, 6) is 1.61. The molecule has 1 saturated heterocycles. The van der Waals surface area contributed by atoms with Crippen LogP contribution >= 0.6 is 0 Å². The number of nitrogens with zero attached hydrogens (tertiary/aromatic N) is 2. The molecule has 0 saturated carbocycles. The summed E-state index contributed by atoms with van der Waals surface area (Å²) >= 11 is 0. The summed E-state index contributed by atoms with van der Waals surface area (Å²) in [7, 11) is 6.25. The van der Waals surface area contributed by atoms with Crippen LogP contribution in [-0.2, 0) is 17.8 Å². The predicted molar refractivity (Wildman–Crippen MR) is 119 cm³/mol. The molecule has 1 aliphatic heterocycles. The zero-order chi connectivity index (χ0) is 22.4. The van der Waals surface area contributed by atoms with E-state index < -0.39 is 0 Å². The Morgan fingerprint density at radius 3 is 1.94 bits per heavy atom. The highest BCUT2D eigenvalue weighted by Crippen LogP contribution is 2.40. The van der Waals surface area contributed by atoms with E-state index in [-0.39, 0.29) is 5.97 Å². The molecular weight excluding hydrogens is 398 g/mol. The van der Waals surface area contributed by atoms with Crippen molar-refractivity contribution in [1.29, 1.82) is 0 Å². The molecule has 3 rings (SSSR count). The Bertz CT molecular complexity index is 910. The highest BCUT2D eigenvalue weighted by Gasteiger charge is 2.22. The van der Waals surface area contributed by atoms with Gasteiger partial charge in [-0.2, -0.15) is 0 Å². The zero-order valence-electron chi connectivity index (χ0n) is 18.6. The second-order valence-electron chi connectivity index (χ2n) is 7.45. The summed E-state index contributed by atoms with van der Waals surface area (Å²) < 4.78 is 21.2. The number of carbonyl (C=O) groups excluding carboxylic acids is 1. The number of methoxy groups -OCH3 is 4. The van der Waals surface area contributed by atoms with Gasteiger partial charge in [-0.25, -0.2) is 4.79 Å². The number of hydrogen-bond donors (Lipinski definition) is 1. The molecule has 2 aromatic carbocycles. The van der Waals surface area contributed by atoms with Gasteiger partial charge in [-0.15, -0.1) is 0 Å². The van der Waals surface area contributed by atoms with Crippen LogP contribution in [-0.4, -0.2) is 70.4 Å². The lowest BCUT2D eigenvalue weighted by Crippen LogP contribution is -2.45. The van der Waals surface area contributed by atoms with Gasteiger partial charge in [0.2, 0.25) is 5.75 Å². The molecule has 0 unspecified atom stereocenters. The molecular formula is C23H31N3O5. The molecule has 0 spiro atoms. The minimum atomic E-state index is -0.377. The average molecular weight is 430 g/mol. The van der Waals surface area contributed by atoms with E-state index in [0.717, 1.165) is 50.4 Å². The summed E-state index contributed by atoms with van der Waals surface area (Å²) in [4.78, 5) is 16.4. The third-order valence-electron chi connectivity index (χ3n) is 5.61. The van der Waals surface area contributed by atoms with Gasteiger partial charge in [0.25, 0.3) is 0 Å². The molecule has 8 nitrogen and oxygen atoms in total. The second kappa shape index (κ2) is 10.4. The number of nitrogens with two attached hydrogens (primary N) is 1. The standard InChI is InChI=1S/C23H31N3O5/c1-28-20-8-7-18(21(29-2)22(20)30-3)15-26-11-9-25(10-12-26)14-17-6-5-16(13-19(17)24)23(27)31-4/h5-8,13H,9-12,14-15,24H2,1-4H3. The molecule has 0 atom stereocenters. The molecule has 1 aliphatic rings. The van der Waals surface area contributed by atoms with Gasteiger partial charge in [-0.3, -0.25) is 9.80 Å². The Morgan fingerprint density at radius 2 is 1.42 bits per heavy atom. The van der Waals surface area contributed by atoms with E-state index in [0.29, 0.717) is 28.5 Å². The van der Waals surface area contributed by atoms with Crippen LogP contribution in [0.15, 0.2) is 30.3 Å². The van der Waals surface area contributed by atoms with E-state index in [4.69, 9.17) is 24.7 Å². The van der Waals surface area contributed by atoms with E-state index in [1.807, 2.05) is 18.2 Å². The fourth-order valence-corrected chi connectivity index (χ4v) is 3.86. The number of anilines is 1. The summed E-state index contributed by atoms with van der Waals surface area (Å²) in [6, 6.07) is 9.28. The zero-order valence-corrected chi connectivity index (χ0v) is 18.6. The quantitative estimate of drug-likeness (QED) is 0.506. The van der Waals surface area contributed by atoms with Crippen molar-refractivity contribution in [3.05, 3.63) is 47.0 Å². The number of carbonyl (C=O) groups is 1. The number of rotatable bonds is 8. The van der Waals surface area contributed by atoms with Gasteiger partial charge in [0, 0.05) is 50.5 Å². The first kappa shape index (κ1) is 22.7. The van der Waals surface area contributed by atoms with E-state index in [2.05, 4.69) is 9.80 Å². The molecule has 1 heterocycles. The molecule has 31 heavy (non-hydrogen) atoms. The van der Waals surface area contributed by atoms with Crippen molar-refractivity contribution in [3.63, 3.8) is 0 Å². The number of piperazine rings is 1. The van der Waals surface area contributed by atoms with Gasteiger partial charge in [-0.05, 0) is 23.8 Å². The summed E-state index contributed by atoms with van der Waals surface area (Å²) in [5.41, 5.74) is 9.33. The predicted octanol–water partition coefficient (Wildman–Crippen LogP) is 2.40. The van der Waals surface area contributed by atoms with Crippen molar-refractivity contribution in [1.82, 2.24) is 9.80 Å². The summed E-state index contributed by atoms with van der Waals surface area (Å²) in [6.07, 6.45) is 0. The minimum Gasteiger partial charge on any atom is -0.493 e. The molecule has 2 aromatic rings. The molecule has 0 aliphatic carbocycles. The van der Waals surface area contributed by atoms with Crippen LogP contribution in [0.3, 0.4) is 0 Å². The maximum atomic E-state index is 11.7. The summed E-state index contributed by atoms with van der Waals surface area (Å²) in [6.45, 7) is 5.23. The molecule has 0 bridgehead atoms. The first-order valence-corrected chi connectivity index (χ1v) is 10.2. The first-order chi connectivity index (χ1) is 15.0. The smallest absolute Gasteiger partial charge is 0.337 e. The molecule has 0 aromatic heterocycles. The Balaban J connectivity index is 1.60. The van der Waals surface area contributed by atoms with Crippen LogP contribution in [0.5, 0.6) is 17.2 Å². The number of hydrogen-bond acceptors (Lipinski definition) is 8. The van der Waals surface area contributed by atoms with Crippen molar-refractivity contribution in [2.45, 2.75) is 13.1 Å². The van der Waals surface area contributed by atoms with Gasteiger partial charge < -0.3 is 24.7 Å². The van der Waals surface area contributed by atoms with Gasteiger partial charge in [-0.1, -0.05) is 12.1 Å². The fraction of sp³-hybridized carbons (Fsp3) is 0.435. The van der Waals surface area contributed by atoms with Crippen LogP contribution in [0, 0.1) is 0 Å². The fourth-order valence-electron chi connectivity index (χ4n) is 3.86. The Morgan fingerprint density at radius 1 is 0.839 bits per heavy atom. The van der Waals surface area contributed by atoms with Gasteiger partial charge >= 0.3 is 5.97 Å². The van der Waals surface area contributed by atoms with Gasteiger partial charge in [0.15, 0.2) is 11.5 Å². The van der Waals surface area contributed by atoms with Crippen LogP contribution in [0.25, 0.3) is 0 Å². The third kappa shape index (κ3) is 5.21. The van der Waals surface area contributed by atoms with Crippen molar-refractivity contribution in [3.8, 4) is 17.2 Å². The number of benzene rings is 2. The van der Waals surface area contributed by atoms with Crippen LogP contribution in [0.2, 0.25) is 0 Å². The lowest BCUT2D eigenvalue weighted by atomic mass is 10.1. The lowest BCUT2D eigenvalue weighted by Gasteiger charge is -2.35.